The fraction of sp³-hybridized carbons (Fsp3) is 0.400. The van der Waals surface area contributed by atoms with Gasteiger partial charge in [0, 0.05) is 51.6 Å². The standard InChI is InChI=1S/C20H25F2N5O/c1-23-20(25-11-14-5-6-17(21)15(10-14)13-28-2)26-16-7-9-27(12-16)19-18(22)4-3-8-24-19/h3-6,8,10,16H,7,9,11-13H2,1-2H3,(H2,23,25,26). The quantitative estimate of drug-likeness (QED) is 0.587. The molecule has 8 heteroatoms. The fourth-order valence-electron chi connectivity index (χ4n) is 3.26. The number of rotatable bonds is 6. The predicted molar refractivity (Wildman–Crippen MR) is 105 cm³/mol. The number of nitrogens with one attached hydrogen (secondary N) is 2. The second kappa shape index (κ2) is 9.45. The first-order chi connectivity index (χ1) is 13.6. The van der Waals surface area contributed by atoms with Gasteiger partial charge < -0.3 is 20.3 Å². The monoisotopic (exact) mass is 389 g/mol. The number of methoxy groups -OCH3 is 1. The maximum Gasteiger partial charge on any atom is 0.191 e. The highest BCUT2D eigenvalue weighted by Crippen LogP contribution is 2.20. The van der Waals surface area contributed by atoms with Gasteiger partial charge in [0.05, 0.1) is 6.61 Å². The SMILES string of the molecule is CN=C(NCc1ccc(F)c(COC)c1)NC1CCN(c2ncccc2F)C1. The van der Waals surface area contributed by atoms with Gasteiger partial charge in [-0.2, -0.15) is 0 Å². The number of ether oxygens (including phenoxy) is 1. The summed E-state index contributed by atoms with van der Waals surface area (Å²) in [7, 11) is 3.24. The zero-order chi connectivity index (χ0) is 19.9. The molecule has 1 unspecified atom stereocenters. The number of aromatic nitrogens is 1. The summed E-state index contributed by atoms with van der Waals surface area (Å²) in [5.41, 5.74) is 1.45. The normalized spacial score (nSPS) is 17.1. The highest BCUT2D eigenvalue weighted by atomic mass is 19.1. The Morgan fingerprint density at radius 2 is 2.18 bits per heavy atom. The van der Waals surface area contributed by atoms with Crippen molar-refractivity contribution in [3.8, 4) is 0 Å². The molecule has 1 aromatic carbocycles. The molecule has 2 heterocycles. The second-order valence-electron chi connectivity index (χ2n) is 6.67. The highest BCUT2D eigenvalue weighted by molar-refractivity contribution is 5.80. The summed E-state index contributed by atoms with van der Waals surface area (Å²) in [4.78, 5) is 10.3. The lowest BCUT2D eigenvalue weighted by Gasteiger charge is -2.20. The van der Waals surface area contributed by atoms with Crippen molar-refractivity contribution >= 4 is 11.8 Å². The number of benzene rings is 1. The molecule has 0 spiro atoms. The number of nitrogens with zero attached hydrogens (tertiary/aromatic N) is 3. The Balaban J connectivity index is 1.54. The van der Waals surface area contributed by atoms with Crippen LogP contribution < -0.4 is 15.5 Å². The zero-order valence-electron chi connectivity index (χ0n) is 16.1. The summed E-state index contributed by atoms with van der Waals surface area (Å²) in [5, 5.41) is 6.59. The minimum absolute atomic E-state index is 0.130. The number of hydrogen-bond donors (Lipinski definition) is 2. The van der Waals surface area contributed by atoms with Crippen molar-refractivity contribution in [1.82, 2.24) is 15.6 Å². The highest BCUT2D eigenvalue weighted by Gasteiger charge is 2.25. The summed E-state index contributed by atoms with van der Waals surface area (Å²) in [6.45, 7) is 2.10. The molecule has 1 atom stereocenters. The van der Waals surface area contributed by atoms with Gasteiger partial charge in [0.15, 0.2) is 17.6 Å². The van der Waals surface area contributed by atoms with Crippen molar-refractivity contribution in [1.29, 1.82) is 0 Å². The molecule has 0 bridgehead atoms. The van der Waals surface area contributed by atoms with E-state index in [4.69, 9.17) is 4.74 Å². The van der Waals surface area contributed by atoms with Gasteiger partial charge in [0.25, 0.3) is 0 Å². The molecule has 150 valence electrons. The van der Waals surface area contributed by atoms with Crippen molar-refractivity contribution in [2.75, 3.05) is 32.1 Å². The maximum atomic E-state index is 13.9. The lowest BCUT2D eigenvalue weighted by atomic mass is 10.1. The molecule has 28 heavy (non-hydrogen) atoms. The minimum Gasteiger partial charge on any atom is -0.380 e. The molecule has 6 nitrogen and oxygen atoms in total. The van der Waals surface area contributed by atoms with Crippen LogP contribution in [0.1, 0.15) is 17.5 Å². The first-order valence-corrected chi connectivity index (χ1v) is 9.19. The Morgan fingerprint density at radius 1 is 1.32 bits per heavy atom. The molecular formula is C20H25F2N5O. The van der Waals surface area contributed by atoms with E-state index in [0.29, 0.717) is 30.4 Å². The van der Waals surface area contributed by atoms with Crippen molar-refractivity contribution in [3.63, 3.8) is 0 Å². The summed E-state index contributed by atoms with van der Waals surface area (Å²) >= 11 is 0. The van der Waals surface area contributed by atoms with Crippen molar-refractivity contribution in [3.05, 3.63) is 59.3 Å². The number of halogens is 2. The summed E-state index contributed by atoms with van der Waals surface area (Å²) < 4.78 is 32.7. The summed E-state index contributed by atoms with van der Waals surface area (Å²) in [6.07, 6.45) is 2.45. The van der Waals surface area contributed by atoms with Crippen LogP contribution in [0.25, 0.3) is 0 Å². The van der Waals surface area contributed by atoms with Crippen LogP contribution in [0.2, 0.25) is 0 Å². The molecule has 1 fully saturated rings. The first kappa shape index (κ1) is 20.0. The molecule has 0 radical (unpaired) electrons. The van der Waals surface area contributed by atoms with Crippen LogP contribution in [-0.4, -0.2) is 44.2 Å². The Hall–Kier alpha value is -2.74. The number of pyridine rings is 1. The van der Waals surface area contributed by atoms with Gasteiger partial charge in [-0.1, -0.05) is 6.07 Å². The van der Waals surface area contributed by atoms with E-state index in [-0.39, 0.29) is 24.3 Å². The lowest BCUT2D eigenvalue weighted by molar-refractivity contribution is 0.181. The molecule has 2 N–H and O–H groups in total. The largest absolute Gasteiger partial charge is 0.380 e. The van der Waals surface area contributed by atoms with Gasteiger partial charge in [-0.25, -0.2) is 13.8 Å². The predicted octanol–water partition coefficient (Wildman–Crippen LogP) is 2.45. The van der Waals surface area contributed by atoms with Gasteiger partial charge >= 0.3 is 0 Å². The van der Waals surface area contributed by atoms with E-state index in [0.717, 1.165) is 18.5 Å². The smallest absolute Gasteiger partial charge is 0.191 e. The summed E-state index contributed by atoms with van der Waals surface area (Å²) in [6, 6.07) is 8.09. The Kier molecular flexibility index (Phi) is 6.76. The third-order valence-corrected chi connectivity index (χ3v) is 4.66. The minimum atomic E-state index is -0.311. The average molecular weight is 389 g/mol. The Bertz CT molecular complexity index is 830. The molecule has 3 rings (SSSR count). The second-order valence-corrected chi connectivity index (χ2v) is 6.67. The third kappa shape index (κ3) is 4.95. The van der Waals surface area contributed by atoms with E-state index in [1.807, 2.05) is 4.90 Å². The van der Waals surface area contributed by atoms with Crippen LogP contribution >= 0.6 is 0 Å². The molecule has 0 saturated carbocycles. The van der Waals surface area contributed by atoms with Crippen LogP contribution in [0.5, 0.6) is 0 Å². The molecule has 0 amide bonds. The fourth-order valence-corrected chi connectivity index (χ4v) is 3.26. The third-order valence-electron chi connectivity index (χ3n) is 4.66. The molecule has 1 aromatic heterocycles. The van der Waals surface area contributed by atoms with Crippen molar-refractivity contribution in [2.45, 2.75) is 25.6 Å². The van der Waals surface area contributed by atoms with Gasteiger partial charge in [0.1, 0.15) is 5.82 Å². The average Bonchev–Trinajstić information content (AvgIpc) is 3.16. The van der Waals surface area contributed by atoms with Gasteiger partial charge in [0.2, 0.25) is 0 Å². The number of anilines is 1. The van der Waals surface area contributed by atoms with E-state index < -0.39 is 0 Å². The number of guanidine groups is 1. The van der Waals surface area contributed by atoms with Crippen molar-refractivity contribution in [2.24, 2.45) is 4.99 Å². The molecule has 1 aliphatic heterocycles. The molecule has 1 aliphatic rings. The number of hydrogen-bond acceptors (Lipinski definition) is 4. The van der Waals surface area contributed by atoms with E-state index in [1.165, 1.54) is 19.2 Å². The van der Waals surface area contributed by atoms with Crippen LogP contribution in [0.3, 0.4) is 0 Å². The van der Waals surface area contributed by atoms with Crippen LogP contribution in [0, 0.1) is 11.6 Å². The molecular weight excluding hydrogens is 364 g/mol. The van der Waals surface area contributed by atoms with E-state index in [2.05, 4.69) is 20.6 Å². The van der Waals surface area contributed by atoms with Gasteiger partial charge in [-0.05, 0) is 36.2 Å². The van der Waals surface area contributed by atoms with E-state index in [1.54, 1.807) is 31.4 Å². The molecule has 2 aromatic rings. The maximum absolute atomic E-state index is 13.9. The van der Waals surface area contributed by atoms with Crippen LogP contribution in [0.4, 0.5) is 14.6 Å². The Morgan fingerprint density at radius 3 is 2.93 bits per heavy atom. The topological polar surface area (TPSA) is 61.8 Å². The van der Waals surface area contributed by atoms with Crippen LogP contribution in [0.15, 0.2) is 41.5 Å². The lowest BCUT2D eigenvalue weighted by Crippen LogP contribution is -2.44. The van der Waals surface area contributed by atoms with E-state index >= 15 is 0 Å². The van der Waals surface area contributed by atoms with Gasteiger partial charge in [-0.15, -0.1) is 0 Å². The van der Waals surface area contributed by atoms with E-state index in [9.17, 15) is 8.78 Å². The summed E-state index contributed by atoms with van der Waals surface area (Å²) in [5.74, 6) is 0.437. The number of aliphatic imine (C=N–C) groups is 1. The van der Waals surface area contributed by atoms with Crippen molar-refractivity contribution < 1.29 is 13.5 Å². The zero-order valence-corrected chi connectivity index (χ0v) is 16.1. The van der Waals surface area contributed by atoms with Crippen LogP contribution in [-0.2, 0) is 17.9 Å². The molecule has 0 aliphatic carbocycles. The first-order valence-electron chi connectivity index (χ1n) is 9.19. The van der Waals surface area contributed by atoms with Gasteiger partial charge in [-0.3, -0.25) is 4.99 Å². The Labute approximate surface area is 163 Å². The molecule has 1 saturated heterocycles.